The number of aromatic nitrogens is 1. The van der Waals surface area contributed by atoms with E-state index in [0.29, 0.717) is 6.42 Å². The van der Waals surface area contributed by atoms with E-state index in [1.54, 1.807) is 47.7 Å². The highest BCUT2D eigenvalue weighted by molar-refractivity contribution is 6.05. The monoisotopic (exact) mass is 805 g/mol. The van der Waals surface area contributed by atoms with Gasteiger partial charge in [-0.25, -0.2) is 4.79 Å². The van der Waals surface area contributed by atoms with Crippen LogP contribution in [0.5, 0.6) is 0 Å². The van der Waals surface area contributed by atoms with Crippen LogP contribution >= 0.6 is 0 Å². The lowest BCUT2D eigenvalue weighted by Gasteiger charge is -2.48. The molecule has 0 bridgehead atoms. The second-order valence-corrected chi connectivity index (χ2v) is 17.4. The first-order valence-electron chi connectivity index (χ1n) is 20.5. The predicted octanol–water partition coefficient (Wildman–Crippen LogP) is 6.06. The van der Waals surface area contributed by atoms with Gasteiger partial charge in [0.05, 0.1) is 36.0 Å². The van der Waals surface area contributed by atoms with Crippen LogP contribution in [0.4, 0.5) is 4.79 Å². The normalized spacial score (nSPS) is 37.9. The lowest BCUT2D eigenvalue weighted by molar-refractivity contribution is -0.297. The lowest BCUT2D eigenvalue weighted by atomic mass is 9.70. The number of aliphatic hydroxyl groups excluding tert-OH is 1. The Morgan fingerprint density at radius 1 is 1.07 bits per heavy atom. The first-order chi connectivity index (χ1) is 27.3. The Balaban J connectivity index is 1.62. The van der Waals surface area contributed by atoms with E-state index in [1.165, 1.54) is 13.0 Å². The van der Waals surface area contributed by atoms with Gasteiger partial charge < -0.3 is 39.0 Å². The number of carbonyl (C=O) groups is 4. The van der Waals surface area contributed by atoms with Gasteiger partial charge in [0.15, 0.2) is 17.7 Å². The van der Waals surface area contributed by atoms with Crippen molar-refractivity contribution in [2.45, 2.75) is 135 Å². The SMILES string of the molecule is C=CCC1(C)C(=O)O[C@H](CC)[C@@]2(C)OC(=O)NC2[C@@H](C)C(=O)[C@H](C)C[C@](C)(OC/C=C/c2cnc3ccccc3c2)[C@H](O[C@@H]2O[C@H](C)C[C@H](N(C)C)[C@H]2O)[C@@H](C)C1=O. The number of hydrogen-bond donors (Lipinski definition) is 2. The van der Waals surface area contributed by atoms with Gasteiger partial charge in [0.2, 0.25) is 0 Å². The average Bonchev–Trinajstić information content (AvgIpc) is 3.50. The first kappa shape index (κ1) is 45.1. The van der Waals surface area contributed by atoms with Crippen LogP contribution in [0.3, 0.4) is 0 Å². The number of pyridine rings is 1. The molecule has 3 aliphatic rings. The van der Waals surface area contributed by atoms with Gasteiger partial charge in [0, 0.05) is 35.4 Å². The number of ether oxygens (including phenoxy) is 5. The molecule has 2 aromatic rings. The third-order valence-corrected chi connectivity index (χ3v) is 12.6. The molecule has 1 amide bonds. The van der Waals surface area contributed by atoms with E-state index >= 15 is 4.79 Å². The van der Waals surface area contributed by atoms with Gasteiger partial charge in [0.25, 0.3) is 0 Å². The number of nitrogens with zero attached hydrogens (tertiary/aromatic N) is 2. The van der Waals surface area contributed by atoms with Crippen LogP contribution < -0.4 is 5.32 Å². The summed E-state index contributed by atoms with van der Waals surface area (Å²) in [4.78, 5) is 63.4. The molecule has 0 aliphatic carbocycles. The van der Waals surface area contributed by atoms with Crippen molar-refractivity contribution in [1.82, 2.24) is 15.2 Å². The molecule has 3 saturated heterocycles. The Morgan fingerprint density at radius 2 is 1.78 bits per heavy atom. The second kappa shape index (κ2) is 18.1. The number of aliphatic hydroxyl groups is 1. The number of esters is 1. The topological polar surface area (TPSA) is 163 Å². The minimum absolute atomic E-state index is 0.0418. The zero-order valence-corrected chi connectivity index (χ0v) is 35.7. The van der Waals surface area contributed by atoms with Crippen LogP contribution in [0.2, 0.25) is 0 Å². The van der Waals surface area contributed by atoms with Crippen LogP contribution in [-0.2, 0) is 38.1 Å². The molecule has 3 fully saturated rings. The quantitative estimate of drug-likeness (QED) is 0.163. The molecule has 13 atom stereocenters. The van der Waals surface area contributed by atoms with Crippen molar-refractivity contribution in [3.8, 4) is 0 Å². The maximum Gasteiger partial charge on any atom is 0.408 e. The van der Waals surface area contributed by atoms with Gasteiger partial charge in [-0.2, -0.15) is 0 Å². The van der Waals surface area contributed by atoms with Gasteiger partial charge in [0.1, 0.15) is 23.4 Å². The number of benzene rings is 1. The van der Waals surface area contributed by atoms with E-state index in [9.17, 15) is 19.5 Å². The number of Topliss-reactive ketones (excluding diaryl/α,β-unsaturated/α-hetero) is 2. The molecule has 2 N–H and O–H groups in total. The van der Waals surface area contributed by atoms with E-state index in [-0.39, 0.29) is 43.8 Å². The maximum atomic E-state index is 15.1. The molecule has 0 radical (unpaired) electrons. The lowest BCUT2D eigenvalue weighted by Crippen LogP contribution is -2.61. The van der Waals surface area contributed by atoms with Crippen molar-refractivity contribution in [2.24, 2.45) is 23.2 Å². The molecular weight excluding hydrogens is 743 g/mol. The molecule has 0 spiro atoms. The Bertz CT molecular complexity index is 1870. The van der Waals surface area contributed by atoms with Crippen molar-refractivity contribution >= 4 is 40.6 Å². The fraction of sp³-hybridized carbons (Fsp3) is 0.622. The standard InChI is InChI=1S/C45H63N3O10/c1-12-20-43(7)38(51)29(6)39(57-40-36(50)33(48(10)11)22-27(4)55-40)44(8,54-21-16-17-30-23-31-18-14-15-19-32(31)46-25-30)24-26(3)35(49)28(5)37-45(9,58-42(53)47-37)34(13-2)56-41(43)52/h12,14-19,23,25-29,33-34,36-37,39-40,50H,1,13,20-22,24H2,2-11H3,(H,47,53)/b17-16+/t26-,27-,28+,29+,33+,34-,36-,37?,39-,40+,43?,44+,45-/m1/s1. The summed E-state index contributed by atoms with van der Waals surface area (Å²) in [5.41, 5.74) is -2.87. The Labute approximate surface area is 342 Å². The van der Waals surface area contributed by atoms with Crippen LogP contribution in [0, 0.1) is 23.2 Å². The molecule has 5 rings (SSSR count). The fourth-order valence-corrected chi connectivity index (χ4v) is 9.30. The molecule has 2 unspecified atom stereocenters. The summed E-state index contributed by atoms with van der Waals surface area (Å²) in [7, 11) is 3.74. The summed E-state index contributed by atoms with van der Waals surface area (Å²) >= 11 is 0. The molecule has 318 valence electrons. The molecule has 13 nitrogen and oxygen atoms in total. The molecule has 1 aromatic heterocycles. The van der Waals surface area contributed by atoms with Crippen molar-refractivity contribution < 1.29 is 48.0 Å². The fourth-order valence-electron chi connectivity index (χ4n) is 9.30. The Kier molecular flexibility index (Phi) is 14.1. The van der Waals surface area contributed by atoms with E-state index in [1.807, 2.05) is 68.4 Å². The van der Waals surface area contributed by atoms with Gasteiger partial charge in [-0.15, -0.1) is 6.58 Å². The summed E-state index contributed by atoms with van der Waals surface area (Å²) in [5.74, 6) is -4.09. The smallest absolute Gasteiger partial charge is 0.408 e. The van der Waals surface area contributed by atoms with Gasteiger partial charge in [-0.1, -0.05) is 64.1 Å². The second-order valence-electron chi connectivity index (χ2n) is 17.4. The van der Waals surface area contributed by atoms with Crippen LogP contribution in [0.25, 0.3) is 17.0 Å². The first-order valence-corrected chi connectivity index (χ1v) is 20.5. The summed E-state index contributed by atoms with van der Waals surface area (Å²) in [5, 5.41) is 15.5. The van der Waals surface area contributed by atoms with Crippen LogP contribution in [0.15, 0.2) is 55.3 Å². The van der Waals surface area contributed by atoms with Crippen molar-refractivity contribution in [3.63, 3.8) is 0 Å². The molecular formula is C45H63N3O10. The zero-order chi connectivity index (χ0) is 42.7. The number of allylic oxidation sites excluding steroid dienone is 1. The number of likely N-dealkylation sites (N-methyl/N-ethyl adjacent to an activating group) is 1. The number of carbonyl (C=O) groups excluding carboxylic acids is 4. The van der Waals surface area contributed by atoms with E-state index in [0.717, 1.165) is 16.5 Å². The number of alkyl carbamates (subject to hydrolysis) is 1. The van der Waals surface area contributed by atoms with Gasteiger partial charge in [-0.3, -0.25) is 19.4 Å². The summed E-state index contributed by atoms with van der Waals surface area (Å²) in [6.07, 6.45) is 2.28. The highest BCUT2D eigenvalue weighted by atomic mass is 16.7. The van der Waals surface area contributed by atoms with Crippen LogP contribution in [0.1, 0.15) is 86.6 Å². The molecule has 13 heteroatoms. The molecule has 3 aliphatic heterocycles. The van der Waals surface area contributed by atoms with E-state index < -0.39 is 82.9 Å². The third-order valence-electron chi connectivity index (χ3n) is 12.6. The average molecular weight is 806 g/mol. The zero-order valence-electron chi connectivity index (χ0n) is 35.7. The van der Waals surface area contributed by atoms with Gasteiger partial charge in [-0.05, 0) is 85.2 Å². The summed E-state index contributed by atoms with van der Waals surface area (Å²) in [6, 6.07) is 8.64. The molecule has 58 heavy (non-hydrogen) atoms. The number of rotatable bonds is 10. The molecule has 4 heterocycles. The van der Waals surface area contributed by atoms with Crippen LogP contribution in [-0.4, -0.2) is 113 Å². The van der Waals surface area contributed by atoms with Gasteiger partial charge >= 0.3 is 12.1 Å². The maximum absolute atomic E-state index is 15.1. The number of amides is 1. The minimum atomic E-state index is -1.76. The molecule has 0 saturated carbocycles. The Hall–Kier alpha value is -4.01. The van der Waals surface area contributed by atoms with Crippen molar-refractivity contribution in [3.05, 3.63) is 60.8 Å². The highest BCUT2D eigenvalue weighted by Gasteiger charge is 2.59. The number of ketones is 2. The highest BCUT2D eigenvalue weighted by Crippen LogP contribution is 2.43. The van der Waals surface area contributed by atoms with E-state index in [2.05, 4.69) is 16.9 Å². The molecule has 1 aromatic carbocycles. The number of cyclic esters (lactones) is 1. The third kappa shape index (κ3) is 9.08. The Morgan fingerprint density at radius 3 is 2.45 bits per heavy atom. The minimum Gasteiger partial charge on any atom is -0.457 e. The number of hydrogen-bond acceptors (Lipinski definition) is 12. The predicted molar refractivity (Wildman–Crippen MR) is 219 cm³/mol. The summed E-state index contributed by atoms with van der Waals surface area (Å²) in [6.45, 7) is 17.7. The number of nitrogens with one attached hydrogen (secondary N) is 1. The van der Waals surface area contributed by atoms with E-state index in [4.69, 9.17) is 23.7 Å². The number of para-hydroxylation sites is 1. The van der Waals surface area contributed by atoms with Crippen molar-refractivity contribution in [2.75, 3.05) is 20.7 Å². The summed E-state index contributed by atoms with van der Waals surface area (Å²) < 4.78 is 31.9. The largest absolute Gasteiger partial charge is 0.457 e. The number of fused-ring (bicyclic) bond motifs is 2. The van der Waals surface area contributed by atoms with Crippen molar-refractivity contribution in [1.29, 1.82) is 0 Å².